The van der Waals surface area contributed by atoms with Gasteiger partial charge < -0.3 is 10.0 Å². The third-order valence-electron chi connectivity index (χ3n) is 5.86. The van der Waals surface area contributed by atoms with E-state index in [-0.39, 0.29) is 11.9 Å². The smallest absolute Gasteiger partial charge is 0.253 e. The second-order valence-corrected chi connectivity index (χ2v) is 7.71. The number of likely N-dealkylation sites (tertiary alicyclic amines) is 2. The molecule has 5 heteroatoms. The van der Waals surface area contributed by atoms with Gasteiger partial charge in [0.25, 0.3) is 5.91 Å². The lowest BCUT2D eigenvalue weighted by molar-refractivity contribution is 0.0702. The molecule has 0 radical (unpaired) electrons. The minimum atomic E-state index is -0.477. The summed E-state index contributed by atoms with van der Waals surface area (Å²) in [5.41, 5.74) is 3.18. The number of benzene rings is 2. The van der Waals surface area contributed by atoms with Crippen LogP contribution in [0.1, 0.15) is 35.2 Å². The van der Waals surface area contributed by atoms with E-state index in [1.807, 2.05) is 42.5 Å². The van der Waals surface area contributed by atoms with Crippen molar-refractivity contribution in [3.05, 3.63) is 59.7 Å². The highest BCUT2D eigenvalue weighted by molar-refractivity contribution is 5.95. The fourth-order valence-electron chi connectivity index (χ4n) is 4.30. The molecule has 0 spiro atoms. The van der Waals surface area contributed by atoms with E-state index in [2.05, 4.69) is 11.0 Å². The minimum absolute atomic E-state index is 0.0316. The Kier molecular flexibility index (Phi) is 5.43. The summed E-state index contributed by atoms with van der Waals surface area (Å²) in [4.78, 5) is 17.0. The van der Waals surface area contributed by atoms with Crippen LogP contribution in [0.3, 0.4) is 0 Å². The molecule has 0 aromatic heterocycles. The molecule has 2 aromatic rings. The zero-order valence-electron chi connectivity index (χ0n) is 15.9. The largest absolute Gasteiger partial charge is 0.390 e. The van der Waals surface area contributed by atoms with E-state index in [9.17, 15) is 9.90 Å². The molecule has 2 aliphatic heterocycles. The minimum Gasteiger partial charge on any atom is -0.390 e. The highest BCUT2D eigenvalue weighted by Gasteiger charge is 2.38. The maximum Gasteiger partial charge on any atom is 0.253 e. The fraction of sp³-hybridized carbons (Fsp3) is 0.391. The fourth-order valence-corrected chi connectivity index (χ4v) is 4.30. The topological polar surface area (TPSA) is 67.6 Å². The van der Waals surface area contributed by atoms with Crippen LogP contribution in [-0.4, -0.2) is 59.1 Å². The molecule has 2 heterocycles. The lowest BCUT2D eigenvalue weighted by Crippen LogP contribution is -2.46. The highest BCUT2D eigenvalue weighted by Crippen LogP contribution is 2.24. The summed E-state index contributed by atoms with van der Waals surface area (Å²) >= 11 is 0. The van der Waals surface area contributed by atoms with Crippen molar-refractivity contribution in [3.63, 3.8) is 0 Å². The summed E-state index contributed by atoms with van der Waals surface area (Å²) in [7, 11) is 0. The number of hydrogen-bond donors (Lipinski definition) is 1. The maximum atomic E-state index is 12.9. The summed E-state index contributed by atoms with van der Waals surface area (Å²) in [5.74, 6) is -0.0316. The van der Waals surface area contributed by atoms with Gasteiger partial charge in [-0.3, -0.25) is 9.69 Å². The number of aliphatic hydroxyl groups excluding tert-OH is 1. The zero-order chi connectivity index (χ0) is 19.5. The number of piperidine rings is 1. The molecule has 2 saturated heterocycles. The molecule has 5 nitrogen and oxygen atoms in total. The molecule has 2 aliphatic rings. The Hall–Kier alpha value is -2.68. The van der Waals surface area contributed by atoms with Gasteiger partial charge in [-0.25, -0.2) is 0 Å². The van der Waals surface area contributed by atoms with E-state index in [1.165, 1.54) is 19.3 Å². The Balaban J connectivity index is 1.45. The maximum absolute atomic E-state index is 12.9. The molecule has 0 aliphatic carbocycles. The predicted octanol–water partition coefficient (Wildman–Crippen LogP) is 2.90. The van der Waals surface area contributed by atoms with Gasteiger partial charge in [-0.15, -0.1) is 0 Å². The highest BCUT2D eigenvalue weighted by atomic mass is 16.3. The lowest BCUT2D eigenvalue weighted by Gasteiger charge is -2.33. The van der Waals surface area contributed by atoms with E-state index in [0.29, 0.717) is 24.2 Å². The monoisotopic (exact) mass is 375 g/mol. The Bertz CT molecular complexity index is 881. The SMILES string of the molecule is N#Cc1cccc(-c2ccc(C(=O)N3C[C@H](O)[C@@H](N4CCCCC4)C3)cc2)c1. The Labute approximate surface area is 165 Å². The number of carbonyl (C=O) groups excluding carboxylic acids is 1. The van der Waals surface area contributed by atoms with Crippen molar-refractivity contribution in [1.82, 2.24) is 9.80 Å². The van der Waals surface area contributed by atoms with Gasteiger partial charge in [0.15, 0.2) is 0 Å². The van der Waals surface area contributed by atoms with Crippen molar-refractivity contribution in [2.75, 3.05) is 26.2 Å². The van der Waals surface area contributed by atoms with Gasteiger partial charge in [-0.1, -0.05) is 30.7 Å². The molecular formula is C23H25N3O2. The van der Waals surface area contributed by atoms with Gasteiger partial charge in [-0.2, -0.15) is 5.26 Å². The summed E-state index contributed by atoms with van der Waals surface area (Å²) in [5, 5.41) is 19.5. The molecule has 0 bridgehead atoms. The predicted molar refractivity (Wildman–Crippen MR) is 108 cm³/mol. The number of nitriles is 1. The average Bonchev–Trinajstić information content (AvgIpc) is 3.15. The van der Waals surface area contributed by atoms with E-state index < -0.39 is 6.10 Å². The number of β-amino-alcohol motifs (C(OH)–C–C–N with tert-alkyl or cyclic N) is 1. The first-order valence-electron chi connectivity index (χ1n) is 9.98. The van der Waals surface area contributed by atoms with Gasteiger partial charge >= 0.3 is 0 Å². The first-order valence-corrected chi connectivity index (χ1v) is 9.98. The first-order chi connectivity index (χ1) is 13.7. The standard InChI is InChI=1S/C23H25N3O2/c24-14-17-5-4-6-20(13-17)18-7-9-19(10-8-18)23(28)26-15-21(22(27)16-26)25-11-2-1-3-12-25/h4-10,13,21-22,27H,1-3,11-12,15-16H2/t21-,22-/m0/s1. The molecule has 0 saturated carbocycles. The van der Waals surface area contributed by atoms with Crippen LogP contribution in [0.5, 0.6) is 0 Å². The Morgan fingerprint density at radius 2 is 1.75 bits per heavy atom. The van der Waals surface area contributed by atoms with Crippen LogP contribution in [0.15, 0.2) is 48.5 Å². The van der Waals surface area contributed by atoms with Crippen LogP contribution in [0.25, 0.3) is 11.1 Å². The number of hydrogen-bond acceptors (Lipinski definition) is 4. The van der Waals surface area contributed by atoms with E-state index in [4.69, 9.17) is 5.26 Å². The summed E-state index contributed by atoms with van der Waals surface area (Å²) in [6, 6.07) is 17.1. The van der Waals surface area contributed by atoms with Crippen molar-refractivity contribution in [2.45, 2.75) is 31.4 Å². The molecular weight excluding hydrogens is 350 g/mol. The van der Waals surface area contributed by atoms with Crippen molar-refractivity contribution >= 4 is 5.91 Å². The van der Waals surface area contributed by atoms with Gasteiger partial charge in [0.05, 0.1) is 23.8 Å². The lowest BCUT2D eigenvalue weighted by atomic mass is 10.0. The Morgan fingerprint density at radius 3 is 2.46 bits per heavy atom. The zero-order valence-corrected chi connectivity index (χ0v) is 15.9. The van der Waals surface area contributed by atoms with Gasteiger partial charge in [0.2, 0.25) is 0 Å². The molecule has 0 unspecified atom stereocenters. The van der Waals surface area contributed by atoms with Crippen molar-refractivity contribution < 1.29 is 9.90 Å². The van der Waals surface area contributed by atoms with E-state index >= 15 is 0 Å². The van der Waals surface area contributed by atoms with Crippen molar-refractivity contribution in [2.24, 2.45) is 0 Å². The normalized spacial score (nSPS) is 22.8. The quantitative estimate of drug-likeness (QED) is 0.896. The second kappa shape index (κ2) is 8.14. The molecule has 144 valence electrons. The van der Waals surface area contributed by atoms with Crippen molar-refractivity contribution in [3.8, 4) is 17.2 Å². The van der Waals surface area contributed by atoms with Crippen LogP contribution in [-0.2, 0) is 0 Å². The van der Waals surface area contributed by atoms with Gasteiger partial charge in [0.1, 0.15) is 0 Å². The van der Waals surface area contributed by atoms with Crippen LogP contribution in [0.4, 0.5) is 0 Å². The van der Waals surface area contributed by atoms with E-state index in [0.717, 1.165) is 24.2 Å². The number of rotatable bonds is 3. The van der Waals surface area contributed by atoms with Crippen LogP contribution >= 0.6 is 0 Å². The number of aliphatic hydroxyl groups is 1. The van der Waals surface area contributed by atoms with Gasteiger partial charge in [-0.05, 0) is 61.3 Å². The molecule has 2 atom stereocenters. The third kappa shape index (κ3) is 3.80. The number of nitrogens with zero attached hydrogens (tertiary/aromatic N) is 3. The average molecular weight is 375 g/mol. The summed E-state index contributed by atoms with van der Waals surface area (Å²) < 4.78 is 0. The Morgan fingerprint density at radius 1 is 1.00 bits per heavy atom. The van der Waals surface area contributed by atoms with Crippen LogP contribution < -0.4 is 0 Å². The summed E-state index contributed by atoms with van der Waals surface area (Å²) in [6.07, 6.45) is 3.12. The molecule has 1 amide bonds. The number of carbonyl (C=O) groups is 1. The second-order valence-electron chi connectivity index (χ2n) is 7.71. The molecule has 2 fully saturated rings. The first kappa shape index (κ1) is 18.7. The molecule has 2 aromatic carbocycles. The van der Waals surface area contributed by atoms with Crippen LogP contribution in [0, 0.1) is 11.3 Å². The molecule has 1 N–H and O–H groups in total. The molecule has 28 heavy (non-hydrogen) atoms. The van der Waals surface area contributed by atoms with Crippen LogP contribution in [0.2, 0.25) is 0 Å². The molecule has 4 rings (SSSR count). The summed E-state index contributed by atoms with van der Waals surface area (Å²) in [6.45, 7) is 3.01. The van der Waals surface area contributed by atoms with E-state index in [1.54, 1.807) is 11.0 Å². The van der Waals surface area contributed by atoms with Crippen molar-refractivity contribution in [1.29, 1.82) is 5.26 Å². The third-order valence-corrected chi connectivity index (χ3v) is 5.86. The number of amides is 1. The van der Waals surface area contributed by atoms with Gasteiger partial charge in [0, 0.05) is 18.7 Å².